The lowest BCUT2D eigenvalue weighted by Gasteiger charge is -2.36. The van der Waals surface area contributed by atoms with Crippen molar-refractivity contribution in [2.24, 2.45) is 12.5 Å². The van der Waals surface area contributed by atoms with E-state index in [0.717, 1.165) is 22.2 Å². The summed E-state index contributed by atoms with van der Waals surface area (Å²) in [5, 5.41) is 9.67. The van der Waals surface area contributed by atoms with Crippen molar-refractivity contribution in [1.29, 1.82) is 0 Å². The molecule has 0 fully saturated rings. The molecule has 0 bridgehead atoms. The number of carbonyl (C=O) groups is 4. The maximum atomic E-state index is 13.9. The Bertz CT molecular complexity index is 2320. The van der Waals surface area contributed by atoms with E-state index in [0.29, 0.717) is 65.1 Å². The van der Waals surface area contributed by atoms with E-state index in [1.54, 1.807) is 37.1 Å². The minimum atomic E-state index is -0.331. The molecule has 3 N–H and O–H groups in total. The van der Waals surface area contributed by atoms with E-state index < -0.39 is 0 Å². The average Bonchev–Trinajstić information content (AvgIpc) is 3.74. The summed E-state index contributed by atoms with van der Waals surface area (Å²) in [6.07, 6.45) is 3.11. The first-order valence-corrected chi connectivity index (χ1v) is 19.6. The zero-order chi connectivity index (χ0) is 39.7. The molecule has 2 aliphatic rings. The number of hydrogen-bond acceptors (Lipinski definition) is 8. The Morgan fingerprint density at radius 2 is 1.70 bits per heavy atom. The van der Waals surface area contributed by atoms with Crippen molar-refractivity contribution in [1.82, 2.24) is 14.8 Å². The molecule has 5 aromatic rings. The first-order valence-electron chi connectivity index (χ1n) is 18.8. The van der Waals surface area contributed by atoms with Gasteiger partial charge in [-0.3, -0.25) is 19.2 Å². The lowest BCUT2D eigenvalue weighted by Crippen LogP contribution is -2.47. The van der Waals surface area contributed by atoms with Crippen LogP contribution in [-0.4, -0.2) is 73.0 Å². The largest absolute Gasteiger partial charge is 0.493 e. The topological polar surface area (TPSA) is 134 Å². The number of methoxy groups -OCH3 is 1. The van der Waals surface area contributed by atoms with Crippen LogP contribution in [0.15, 0.2) is 72.9 Å². The Hall–Kier alpha value is -5.82. The molecule has 0 saturated heterocycles. The Morgan fingerprint density at radius 1 is 0.911 bits per heavy atom. The fourth-order valence-corrected chi connectivity index (χ4v) is 8.18. The first-order chi connectivity index (χ1) is 26.8. The number of fused-ring (bicyclic) bond motifs is 4. The molecule has 0 aliphatic carbocycles. The highest BCUT2D eigenvalue weighted by atomic mass is 32.1. The molecule has 0 unspecified atom stereocenters. The van der Waals surface area contributed by atoms with Gasteiger partial charge in [0, 0.05) is 62.8 Å². The van der Waals surface area contributed by atoms with Crippen LogP contribution in [-0.2, 0) is 24.8 Å². The second-order valence-electron chi connectivity index (χ2n) is 15.7. The zero-order valence-corrected chi connectivity index (χ0v) is 33.5. The summed E-state index contributed by atoms with van der Waals surface area (Å²) in [6, 6.07) is 21.0. The molecular formula is C43H48N6O6S. The van der Waals surface area contributed by atoms with Gasteiger partial charge in [0.05, 0.1) is 41.6 Å². The van der Waals surface area contributed by atoms with Crippen LogP contribution in [0.4, 0.5) is 17.1 Å². The standard InChI is InChI=1S/C43H48N6O6S/c1-43(2,3)25-44-41(52)38-18-28-16-29(13-14-37(28)56-38)46-40(51)34-19-30(23-47(34)4)45-39(50)12-9-15-55-36-21-33-32(20-35(36)54-6)42(53)49-22-27-11-8-7-10-26(27)17-31(49)24-48(33)5/h7-8,10-11,13-14,16,18-21,23,31H,9,12,15,17,22,24-25H2,1-6H3,(H,44,52)(H,45,50)(H,46,51)/t31-/m0/s1. The molecule has 4 amide bonds. The molecule has 0 spiro atoms. The van der Waals surface area contributed by atoms with Gasteiger partial charge in [0.25, 0.3) is 17.7 Å². The van der Waals surface area contributed by atoms with Crippen molar-refractivity contribution in [2.75, 3.05) is 49.4 Å². The van der Waals surface area contributed by atoms with Gasteiger partial charge >= 0.3 is 0 Å². The monoisotopic (exact) mass is 776 g/mol. The molecule has 0 radical (unpaired) electrons. The lowest BCUT2D eigenvalue weighted by molar-refractivity contribution is -0.116. The predicted octanol–water partition coefficient (Wildman–Crippen LogP) is 7.09. The van der Waals surface area contributed by atoms with Crippen molar-refractivity contribution < 1.29 is 28.7 Å². The quantitative estimate of drug-likeness (QED) is 0.122. The van der Waals surface area contributed by atoms with E-state index in [1.807, 2.05) is 54.4 Å². The highest BCUT2D eigenvalue weighted by Crippen LogP contribution is 2.39. The molecule has 4 heterocycles. The number of nitrogens with zero attached hydrogens (tertiary/aromatic N) is 3. The van der Waals surface area contributed by atoms with Crippen LogP contribution < -0.4 is 30.3 Å². The number of amides is 4. The number of aryl methyl sites for hydroxylation is 1. The smallest absolute Gasteiger partial charge is 0.272 e. The Morgan fingerprint density at radius 3 is 2.46 bits per heavy atom. The number of thiophene rings is 1. The summed E-state index contributed by atoms with van der Waals surface area (Å²) < 4.78 is 14.4. The number of anilines is 3. The van der Waals surface area contributed by atoms with Gasteiger partial charge in [-0.15, -0.1) is 11.3 Å². The van der Waals surface area contributed by atoms with Crippen molar-refractivity contribution in [3.8, 4) is 11.5 Å². The highest BCUT2D eigenvalue weighted by Gasteiger charge is 2.36. The van der Waals surface area contributed by atoms with Crippen LogP contribution in [0.2, 0.25) is 0 Å². The molecule has 2 aliphatic heterocycles. The molecule has 7 rings (SSSR count). The normalized spacial score (nSPS) is 15.0. The number of rotatable bonds is 11. The predicted molar refractivity (Wildman–Crippen MR) is 220 cm³/mol. The van der Waals surface area contributed by atoms with Crippen LogP contribution >= 0.6 is 11.3 Å². The van der Waals surface area contributed by atoms with Crippen LogP contribution in [0, 0.1) is 5.41 Å². The van der Waals surface area contributed by atoms with E-state index in [2.05, 4.69) is 53.8 Å². The molecule has 292 valence electrons. The second-order valence-corrected chi connectivity index (χ2v) is 16.8. The summed E-state index contributed by atoms with van der Waals surface area (Å²) in [4.78, 5) is 57.4. The van der Waals surface area contributed by atoms with Crippen molar-refractivity contribution in [3.05, 3.63) is 100 Å². The molecule has 13 heteroatoms. The van der Waals surface area contributed by atoms with Crippen LogP contribution in [0.3, 0.4) is 0 Å². The minimum Gasteiger partial charge on any atom is -0.493 e. The molecule has 2 aromatic heterocycles. The van der Waals surface area contributed by atoms with E-state index in [9.17, 15) is 19.2 Å². The Labute approximate surface area is 330 Å². The number of likely N-dealkylation sites (N-methyl/N-ethyl adjacent to an activating group) is 1. The Kier molecular flexibility index (Phi) is 10.8. The fraction of sp³-hybridized carbons (Fsp3) is 0.349. The summed E-state index contributed by atoms with van der Waals surface area (Å²) >= 11 is 1.41. The number of aromatic nitrogens is 1. The lowest BCUT2D eigenvalue weighted by atomic mass is 9.93. The number of hydrogen-bond donors (Lipinski definition) is 3. The summed E-state index contributed by atoms with van der Waals surface area (Å²) in [6.45, 7) is 8.28. The third-order valence-electron chi connectivity index (χ3n) is 10.1. The van der Waals surface area contributed by atoms with Gasteiger partial charge in [0.15, 0.2) is 11.5 Å². The van der Waals surface area contributed by atoms with Crippen molar-refractivity contribution >= 4 is 62.1 Å². The van der Waals surface area contributed by atoms with E-state index in [-0.39, 0.29) is 48.1 Å². The van der Waals surface area contributed by atoms with Gasteiger partial charge < -0.3 is 39.8 Å². The summed E-state index contributed by atoms with van der Waals surface area (Å²) in [5.74, 6) is 0.278. The van der Waals surface area contributed by atoms with E-state index in [1.165, 1.54) is 22.5 Å². The van der Waals surface area contributed by atoms with E-state index >= 15 is 0 Å². The summed E-state index contributed by atoms with van der Waals surface area (Å²) in [5.41, 5.74) is 5.26. The minimum absolute atomic E-state index is 0.0213. The number of ether oxygens (including phenoxy) is 2. The maximum absolute atomic E-state index is 13.9. The fourth-order valence-electron chi connectivity index (χ4n) is 7.22. The van der Waals surface area contributed by atoms with E-state index in [4.69, 9.17) is 9.47 Å². The number of carbonyl (C=O) groups excluding carboxylic acids is 4. The van der Waals surface area contributed by atoms with Crippen molar-refractivity contribution in [3.63, 3.8) is 0 Å². The molecular weight excluding hydrogens is 729 g/mol. The molecule has 12 nitrogen and oxygen atoms in total. The van der Waals surface area contributed by atoms with Gasteiger partial charge in [-0.2, -0.15) is 0 Å². The summed E-state index contributed by atoms with van der Waals surface area (Å²) in [7, 11) is 5.29. The van der Waals surface area contributed by atoms with Gasteiger partial charge in [-0.1, -0.05) is 45.0 Å². The molecule has 3 aromatic carbocycles. The third kappa shape index (κ3) is 8.37. The van der Waals surface area contributed by atoms with Crippen LogP contribution in [0.1, 0.15) is 75.3 Å². The molecule has 1 atom stereocenters. The van der Waals surface area contributed by atoms with Crippen LogP contribution in [0.25, 0.3) is 10.1 Å². The van der Waals surface area contributed by atoms with Gasteiger partial charge in [-0.05, 0) is 71.2 Å². The molecule has 0 saturated carbocycles. The molecule has 56 heavy (non-hydrogen) atoms. The third-order valence-corrected chi connectivity index (χ3v) is 11.2. The van der Waals surface area contributed by atoms with Gasteiger partial charge in [-0.25, -0.2) is 0 Å². The number of nitrogens with one attached hydrogen (secondary N) is 3. The van der Waals surface area contributed by atoms with Gasteiger partial charge in [0.1, 0.15) is 5.69 Å². The number of benzene rings is 3. The highest BCUT2D eigenvalue weighted by molar-refractivity contribution is 7.20. The van der Waals surface area contributed by atoms with Crippen molar-refractivity contribution in [2.45, 2.75) is 52.6 Å². The maximum Gasteiger partial charge on any atom is 0.272 e. The van der Waals surface area contributed by atoms with Gasteiger partial charge in [0.2, 0.25) is 5.91 Å². The second kappa shape index (κ2) is 15.7. The zero-order valence-electron chi connectivity index (χ0n) is 32.7. The van der Waals surface area contributed by atoms with Crippen LogP contribution in [0.5, 0.6) is 11.5 Å². The Balaban J connectivity index is 0.923. The first kappa shape index (κ1) is 38.5. The SMILES string of the molecule is COc1cc2c(cc1OCCCC(=O)Nc1cc(C(=O)Nc3ccc4sc(C(=O)NCC(C)(C)C)cc4c3)n(C)c1)N(C)C[C@@H]1Cc3ccccc3CN1C2=O. The average molecular weight is 777 g/mol.